The molecule has 1 heterocycles. The Bertz CT molecular complexity index is 407. The fourth-order valence-electron chi connectivity index (χ4n) is 1.76. The average molecular weight is 262 g/mol. The van der Waals surface area contributed by atoms with Gasteiger partial charge in [0.25, 0.3) is 0 Å². The summed E-state index contributed by atoms with van der Waals surface area (Å²) in [5.74, 6) is -0.314. The fraction of sp³-hybridized carbons (Fsp3) is 0.364. The predicted molar refractivity (Wildman–Crippen MR) is 66.9 cm³/mol. The van der Waals surface area contributed by atoms with Crippen molar-refractivity contribution in [3.63, 3.8) is 0 Å². The fourth-order valence-corrected chi connectivity index (χ4v) is 2.00. The van der Waals surface area contributed by atoms with Crippen LogP contribution in [-0.2, 0) is 11.2 Å². The summed E-state index contributed by atoms with van der Waals surface area (Å²) in [6, 6.07) is 3.54. The molecule has 0 saturated carbocycles. The Hall–Kier alpha value is -0.930. The highest BCUT2D eigenvalue weighted by atomic mass is 35.5. The zero-order chi connectivity index (χ0) is 10.8. The number of anilines is 1. The maximum atomic E-state index is 11.6. The van der Waals surface area contributed by atoms with E-state index < -0.39 is 0 Å². The maximum Gasteiger partial charge on any atom is 0.340 e. The van der Waals surface area contributed by atoms with Crippen molar-refractivity contribution in [2.24, 2.45) is 0 Å². The Morgan fingerprint density at radius 2 is 2.31 bits per heavy atom. The van der Waals surface area contributed by atoms with Gasteiger partial charge in [-0.2, -0.15) is 0 Å². The van der Waals surface area contributed by atoms with Crippen LogP contribution in [0.15, 0.2) is 12.1 Å². The van der Waals surface area contributed by atoms with E-state index in [4.69, 9.17) is 16.3 Å². The molecule has 16 heavy (non-hydrogen) atoms. The Morgan fingerprint density at radius 3 is 3.00 bits per heavy atom. The number of carbonyl (C=O) groups excluding carboxylic acids is 1. The largest absolute Gasteiger partial charge is 0.462 e. The van der Waals surface area contributed by atoms with Crippen molar-refractivity contribution in [1.29, 1.82) is 0 Å². The van der Waals surface area contributed by atoms with Gasteiger partial charge in [-0.05, 0) is 31.0 Å². The molecular weight excluding hydrogens is 249 g/mol. The number of nitrogens with one attached hydrogen (secondary N) is 1. The molecule has 0 fully saturated rings. The van der Waals surface area contributed by atoms with Gasteiger partial charge < -0.3 is 10.1 Å². The van der Waals surface area contributed by atoms with E-state index in [2.05, 4.69) is 5.32 Å². The summed E-state index contributed by atoms with van der Waals surface area (Å²) >= 11 is 5.94. The van der Waals surface area contributed by atoms with Gasteiger partial charge in [-0.15, -0.1) is 12.4 Å². The highest BCUT2D eigenvalue weighted by Crippen LogP contribution is 2.30. The van der Waals surface area contributed by atoms with E-state index >= 15 is 0 Å². The molecule has 88 valence electrons. The van der Waals surface area contributed by atoms with Gasteiger partial charge in [0.1, 0.15) is 0 Å². The first kappa shape index (κ1) is 13.1. The summed E-state index contributed by atoms with van der Waals surface area (Å²) in [4.78, 5) is 11.6. The van der Waals surface area contributed by atoms with Crippen molar-refractivity contribution < 1.29 is 9.53 Å². The van der Waals surface area contributed by atoms with Gasteiger partial charge in [0.2, 0.25) is 0 Å². The van der Waals surface area contributed by atoms with Crippen molar-refractivity contribution in [2.45, 2.75) is 13.3 Å². The zero-order valence-corrected chi connectivity index (χ0v) is 10.5. The molecule has 0 aromatic heterocycles. The predicted octanol–water partition coefficient (Wildman–Crippen LogP) is 2.91. The molecule has 1 aromatic rings. The number of esters is 1. The van der Waals surface area contributed by atoms with E-state index in [0.29, 0.717) is 17.2 Å². The third-order valence-corrected chi connectivity index (χ3v) is 2.59. The molecule has 0 unspecified atom stereocenters. The van der Waals surface area contributed by atoms with Crippen LogP contribution < -0.4 is 5.32 Å². The quantitative estimate of drug-likeness (QED) is 0.833. The zero-order valence-electron chi connectivity index (χ0n) is 8.88. The number of hydrogen-bond acceptors (Lipinski definition) is 3. The minimum Gasteiger partial charge on any atom is -0.462 e. The Morgan fingerprint density at radius 1 is 1.56 bits per heavy atom. The summed E-state index contributed by atoms with van der Waals surface area (Å²) in [6.45, 7) is 3.01. The summed E-state index contributed by atoms with van der Waals surface area (Å²) in [5, 5.41) is 3.76. The Labute approximate surface area is 106 Å². The Kier molecular flexibility index (Phi) is 4.44. The summed E-state index contributed by atoms with van der Waals surface area (Å²) in [6.07, 6.45) is 0.905. The van der Waals surface area contributed by atoms with Crippen molar-refractivity contribution >= 4 is 35.7 Å². The van der Waals surface area contributed by atoms with E-state index in [1.165, 1.54) is 0 Å². The molecule has 2 rings (SSSR count). The lowest BCUT2D eigenvalue weighted by atomic mass is 10.1. The second-order valence-corrected chi connectivity index (χ2v) is 3.82. The molecule has 1 aromatic carbocycles. The molecule has 3 nitrogen and oxygen atoms in total. The van der Waals surface area contributed by atoms with Gasteiger partial charge in [-0.1, -0.05) is 11.6 Å². The normalized spacial score (nSPS) is 12.4. The standard InChI is InChI=1S/C11H12ClNO2.ClH/c1-2-15-11(14)9-6-8(12)5-7-3-4-13-10(7)9;/h5-6,13H,2-4H2,1H3;1H. The summed E-state index contributed by atoms with van der Waals surface area (Å²) in [7, 11) is 0. The number of benzene rings is 1. The summed E-state index contributed by atoms with van der Waals surface area (Å²) < 4.78 is 4.97. The molecule has 1 aliphatic heterocycles. The van der Waals surface area contributed by atoms with Crippen LogP contribution in [0.3, 0.4) is 0 Å². The van der Waals surface area contributed by atoms with Crippen molar-refractivity contribution in [3.05, 3.63) is 28.3 Å². The Balaban J connectivity index is 0.00000128. The smallest absolute Gasteiger partial charge is 0.340 e. The first-order valence-electron chi connectivity index (χ1n) is 4.95. The minimum atomic E-state index is -0.314. The van der Waals surface area contributed by atoms with Crippen LogP contribution in [0.1, 0.15) is 22.8 Å². The second-order valence-electron chi connectivity index (χ2n) is 3.38. The van der Waals surface area contributed by atoms with Crippen LogP contribution in [0.25, 0.3) is 0 Å². The summed E-state index contributed by atoms with van der Waals surface area (Å²) in [5.41, 5.74) is 2.50. The maximum absolute atomic E-state index is 11.6. The van der Waals surface area contributed by atoms with Crippen LogP contribution in [0.5, 0.6) is 0 Å². The monoisotopic (exact) mass is 261 g/mol. The SMILES string of the molecule is CCOC(=O)c1cc(Cl)cc2c1NCC2.Cl. The molecule has 1 aliphatic rings. The van der Waals surface area contributed by atoms with Crippen molar-refractivity contribution in [3.8, 4) is 0 Å². The lowest BCUT2D eigenvalue weighted by Crippen LogP contribution is -2.07. The molecule has 0 atom stereocenters. The van der Waals surface area contributed by atoms with Gasteiger partial charge >= 0.3 is 5.97 Å². The van der Waals surface area contributed by atoms with Crippen molar-refractivity contribution in [2.75, 3.05) is 18.5 Å². The lowest BCUT2D eigenvalue weighted by Gasteiger charge is -2.08. The van der Waals surface area contributed by atoms with Gasteiger partial charge in [0.15, 0.2) is 0 Å². The van der Waals surface area contributed by atoms with E-state index in [-0.39, 0.29) is 18.4 Å². The molecule has 0 bridgehead atoms. The van der Waals surface area contributed by atoms with E-state index in [1.807, 2.05) is 6.07 Å². The number of fused-ring (bicyclic) bond motifs is 1. The molecule has 0 aliphatic carbocycles. The average Bonchev–Trinajstić information content (AvgIpc) is 2.64. The molecule has 0 amide bonds. The third-order valence-electron chi connectivity index (χ3n) is 2.38. The minimum absolute atomic E-state index is 0. The molecule has 5 heteroatoms. The van der Waals surface area contributed by atoms with Gasteiger partial charge in [0.05, 0.1) is 17.9 Å². The van der Waals surface area contributed by atoms with Gasteiger partial charge in [0, 0.05) is 11.6 Å². The van der Waals surface area contributed by atoms with Crippen LogP contribution in [0, 0.1) is 0 Å². The van der Waals surface area contributed by atoms with E-state index in [0.717, 1.165) is 24.2 Å². The van der Waals surface area contributed by atoms with Gasteiger partial charge in [-0.3, -0.25) is 0 Å². The topological polar surface area (TPSA) is 38.3 Å². The van der Waals surface area contributed by atoms with Crippen LogP contribution in [-0.4, -0.2) is 19.1 Å². The molecule has 0 radical (unpaired) electrons. The molecule has 0 saturated heterocycles. The first-order chi connectivity index (χ1) is 7.22. The molecule has 1 N–H and O–H groups in total. The molecule has 0 spiro atoms. The number of rotatable bonds is 2. The highest BCUT2D eigenvalue weighted by Gasteiger charge is 2.20. The number of hydrogen-bond donors (Lipinski definition) is 1. The number of carbonyl (C=O) groups is 1. The second kappa shape index (κ2) is 5.41. The lowest BCUT2D eigenvalue weighted by molar-refractivity contribution is 0.0527. The number of ether oxygens (including phenoxy) is 1. The van der Waals surface area contributed by atoms with Crippen LogP contribution in [0.4, 0.5) is 5.69 Å². The third kappa shape index (κ3) is 2.42. The van der Waals surface area contributed by atoms with E-state index in [9.17, 15) is 4.79 Å². The molecular formula is C11H13Cl2NO2. The van der Waals surface area contributed by atoms with Crippen molar-refractivity contribution in [1.82, 2.24) is 0 Å². The van der Waals surface area contributed by atoms with E-state index in [1.54, 1.807) is 13.0 Å². The number of halogens is 2. The highest BCUT2D eigenvalue weighted by molar-refractivity contribution is 6.31. The van der Waals surface area contributed by atoms with Crippen LogP contribution >= 0.6 is 24.0 Å². The van der Waals surface area contributed by atoms with Crippen LogP contribution in [0.2, 0.25) is 5.02 Å². The van der Waals surface area contributed by atoms with Gasteiger partial charge in [-0.25, -0.2) is 4.79 Å². The first-order valence-corrected chi connectivity index (χ1v) is 5.33.